The maximum atomic E-state index is 12.7. The lowest BCUT2D eigenvalue weighted by molar-refractivity contribution is 0.0922. The molecule has 164 valence electrons. The zero-order valence-corrected chi connectivity index (χ0v) is 17.9. The number of benzene rings is 2. The monoisotopic (exact) mass is 421 g/mol. The van der Waals surface area contributed by atoms with Gasteiger partial charge < -0.3 is 20.3 Å². The van der Waals surface area contributed by atoms with Gasteiger partial charge in [-0.15, -0.1) is 0 Å². The molecule has 2 N–H and O–H groups in total. The Kier molecular flexibility index (Phi) is 7.20. The lowest BCUT2D eigenvalue weighted by Gasteiger charge is -2.27. The molecule has 1 saturated carbocycles. The van der Waals surface area contributed by atoms with Gasteiger partial charge in [0.15, 0.2) is 0 Å². The first-order chi connectivity index (χ1) is 15.2. The van der Waals surface area contributed by atoms with Crippen molar-refractivity contribution in [1.29, 1.82) is 0 Å². The Morgan fingerprint density at radius 3 is 2.35 bits per heavy atom. The molecule has 31 heavy (non-hydrogen) atoms. The van der Waals surface area contributed by atoms with Crippen LogP contribution in [-0.4, -0.2) is 49.0 Å². The highest BCUT2D eigenvalue weighted by molar-refractivity contribution is 5.97. The van der Waals surface area contributed by atoms with Crippen molar-refractivity contribution in [3.8, 4) is 5.75 Å². The summed E-state index contributed by atoms with van der Waals surface area (Å²) in [5.74, 6) is 0.432. The van der Waals surface area contributed by atoms with Gasteiger partial charge in [-0.25, -0.2) is 0 Å². The van der Waals surface area contributed by atoms with Crippen LogP contribution in [0.4, 0.5) is 0 Å². The molecule has 0 bridgehead atoms. The third kappa shape index (κ3) is 5.85. The van der Waals surface area contributed by atoms with E-state index in [0.717, 1.165) is 38.0 Å². The Hall–Kier alpha value is -2.86. The minimum absolute atomic E-state index is 0.0585. The molecule has 0 radical (unpaired) electrons. The van der Waals surface area contributed by atoms with Crippen LogP contribution < -0.4 is 15.4 Å². The second-order valence-electron chi connectivity index (χ2n) is 8.35. The van der Waals surface area contributed by atoms with Crippen LogP contribution >= 0.6 is 0 Å². The van der Waals surface area contributed by atoms with Gasteiger partial charge in [0.2, 0.25) is 0 Å². The number of hydrogen-bond acceptors (Lipinski definition) is 4. The number of para-hydroxylation sites is 1. The SMILES string of the molecule is O=C(NCCN1CCCC1)c1ccc(CNC(=O)c2ccccc2OC2CCC2)cc1. The summed E-state index contributed by atoms with van der Waals surface area (Å²) in [6, 6.07) is 14.8. The molecule has 1 heterocycles. The Balaban J connectivity index is 1.25. The van der Waals surface area contributed by atoms with Crippen LogP contribution in [0.2, 0.25) is 0 Å². The molecule has 2 aromatic carbocycles. The van der Waals surface area contributed by atoms with Crippen molar-refractivity contribution in [3.05, 3.63) is 65.2 Å². The zero-order valence-electron chi connectivity index (χ0n) is 17.9. The van der Waals surface area contributed by atoms with Gasteiger partial charge in [0, 0.05) is 25.2 Å². The van der Waals surface area contributed by atoms with Crippen molar-refractivity contribution < 1.29 is 14.3 Å². The Bertz CT molecular complexity index is 887. The number of nitrogens with zero attached hydrogens (tertiary/aromatic N) is 1. The lowest BCUT2D eigenvalue weighted by atomic mass is 9.96. The smallest absolute Gasteiger partial charge is 0.255 e. The predicted molar refractivity (Wildman–Crippen MR) is 120 cm³/mol. The van der Waals surface area contributed by atoms with Crippen LogP contribution in [0.1, 0.15) is 58.4 Å². The molecule has 6 nitrogen and oxygen atoms in total. The van der Waals surface area contributed by atoms with E-state index in [1.165, 1.54) is 19.3 Å². The summed E-state index contributed by atoms with van der Waals surface area (Å²) >= 11 is 0. The average Bonchev–Trinajstić information content (AvgIpc) is 3.29. The fourth-order valence-corrected chi connectivity index (χ4v) is 3.91. The molecule has 2 aliphatic rings. The minimum atomic E-state index is -0.154. The fraction of sp³-hybridized carbons (Fsp3) is 0.440. The number of carbonyl (C=O) groups excluding carboxylic acids is 2. The maximum Gasteiger partial charge on any atom is 0.255 e. The van der Waals surface area contributed by atoms with E-state index in [4.69, 9.17) is 4.74 Å². The first-order valence-electron chi connectivity index (χ1n) is 11.3. The van der Waals surface area contributed by atoms with Gasteiger partial charge in [-0.2, -0.15) is 0 Å². The topological polar surface area (TPSA) is 70.7 Å². The molecule has 1 aliphatic carbocycles. The van der Waals surface area contributed by atoms with Crippen molar-refractivity contribution in [2.45, 2.75) is 44.8 Å². The van der Waals surface area contributed by atoms with E-state index < -0.39 is 0 Å². The molecule has 2 aromatic rings. The highest BCUT2D eigenvalue weighted by Gasteiger charge is 2.21. The van der Waals surface area contributed by atoms with Gasteiger partial charge in [0.1, 0.15) is 5.75 Å². The Labute approximate surface area is 184 Å². The molecule has 6 heteroatoms. The molecule has 4 rings (SSSR count). The predicted octanol–water partition coefficient (Wildman–Crippen LogP) is 3.37. The van der Waals surface area contributed by atoms with Crippen molar-refractivity contribution in [3.63, 3.8) is 0 Å². The van der Waals surface area contributed by atoms with Crippen LogP contribution in [-0.2, 0) is 6.54 Å². The summed E-state index contributed by atoms with van der Waals surface area (Å²) < 4.78 is 5.95. The molecule has 0 spiro atoms. The third-order valence-electron chi connectivity index (χ3n) is 6.06. The summed E-state index contributed by atoms with van der Waals surface area (Å²) in [5, 5.41) is 5.94. The Morgan fingerprint density at radius 2 is 1.65 bits per heavy atom. The van der Waals surface area contributed by atoms with Crippen molar-refractivity contribution in [1.82, 2.24) is 15.5 Å². The van der Waals surface area contributed by atoms with Gasteiger partial charge in [0.05, 0.1) is 11.7 Å². The van der Waals surface area contributed by atoms with E-state index in [9.17, 15) is 9.59 Å². The second-order valence-corrected chi connectivity index (χ2v) is 8.35. The van der Waals surface area contributed by atoms with Crippen LogP contribution in [0.5, 0.6) is 5.75 Å². The maximum absolute atomic E-state index is 12.7. The van der Waals surface area contributed by atoms with Crippen LogP contribution in [0.15, 0.2) is 48.5 Å². The number of rotatable bonds is 9. The second kappa shape index (κ2) is 10.4. The van der Waals surface area contributed by atoms with E-state index in [-0.39, 0.29) is 17.9 Å². The molecular weight excluding hydrogens is 390 g/mol. The Morgan fingerprint density at radius 1 is 0.903 bits per heavy atom. The number of hydrogen-bond donors (Lipinski definition) is 2. The average molecular weight is 422 g/mol. The summed E-state index contributed by atoms with van der Waals surface area (Å²) in [6.07, 6.45) is 6.02. The summed E-state index contributed by atoms with van der Waals surface area (Å²) in [7, 11) is 0. The number of nitrogens with one attached hydrogen (secondary N) is 2. The molecule has 2 amide bonds. The summed E-state index contributed by atoms with van der Waals surface area (Å²) in [5.41, 5.74) is 2.14. The van der Waals surface area contributed by atoms with Crippen LogP contribution in [0.3, 0.4) is 0 Å². The highest BCUT2D eigenvalue weighted by atomic mass is 16.5. The summed E-state index contributed by atoms with van der Waals surface area (Å²) in [4.78, 5) is 27.4. The van der Waals surface area contributed by atoms with E-state index in [0.29, 0.717) is 30.0 Å². The third-order valence-corrected chi connectivity index (χ3v) is 6.06. The van der Waals surface area contributed by atoms with E-state index in [1.54, 1.807) is 18.2 Å². The van der Waals surface area contributed by atoms with E-state index in [2.05, 4.69) is 15.5 Å². The van der Waals surface area contributed by atoms with Gasteiger partial charge in [-0.05, 0) is 75.0 Å². The van der Waals surface area contributed by atoms with Gasteiger partial charge in [0.25, 0.3) is 11.8 Å². The lowest BCUT2D eigenvalue weighted by Crippen LogP contribution is -2.33. The largest absolute Gasteiger partial charge is 0.490 e. The standard InChI is InChI=1S/C25H31N3O3/c29-24(26-14-17-28-15-3-4-16-28)20-12-10-19(11-13-20)18-27-25(30)22-8-1-2-9-23(22)31-21-6-5-7-21/h1-2,8-13,21H,3-7,14-18H2,(H,26,29)(H,27,30). The fourth-order valence-electron chi connectivity index (χ4n) is 3.91. The summed E-state index contributed by atoms with van der Waals surface area (Å²) in [6.45, 7) is 4.23. The van der Waals surface area contributed by atoms with Crippen molar-refractivity contribution in [2.24, 2.45) is 0 Å². The first-order valence-corrected chi connectivity index (χ1v) is 11.3. The number of ether oxygens (including phenoxy) is 1. The van der Waals surface area contributed by atoms with Gasteiger partial charge >= 0.3 is 0 Å². The molecule has 1 aliphatic heterocycles. The van der Waals surface area contributed by atoms with Crippen molar-refractivity contribution in [2.75, 3.05) is 26.2 Å². The number of likely N-dealkylation sites (tertiary alicyclic amines) is 1. The quantitative estimate of drug-likeness (QED) is 0.651. The van der Waals surface area contributed by atoms with Crippen LogP contribution in [0, 0.1) is 0 Å². The van der Waals surface area contributed by atoms with Gasteiger partial charge in [-0.1, -0.05) is 24.3 Å². The molecule has 0 unspecified atom stereocenters. The van der Waals surface area contributed by atoms with Crippen LogP contribution in [0.25, 0.3) is 0 Å². The van der Waals surface area contributed by atoms with E-state index >= 15 is 0 Å². The molecule has 2 fully saturated rings. The van der Waals surface area contributed by atoms with E-state index in [1.807, 2.05) is 30.3 Å². The molecule has 0 aromatic heterocycles. The number of amides is 2. The number of carbonyl (C=O) groups is 2. The van der Waals surface area contributed by atoms with Gasteiger partial charge in [-0.3, -0.25) is 9.59 Å². The molecule has 1 saturated heterocycles. The zero-order chi connectivity index (χ0) is 21.5. The first kappa shape index (κ1) is 21.4. The molecular formula is C25H31N3O3. The highest BCUT2D eigenvalue weighted by Crippen LogP contribution is 2.27. The molecule has 0 atom stereocenters. The van der Waals surface area contributed by atoms with Crippen molar-refractivity contribution >= 4 is 11.8 Å². The minimum Gasteiger partial charge on any atom is -0.490 e. The normalized spacial score (nSPS) is 16.5.